The molecule has 0 saturated heterocycles. The average Bonchev–Trinajstić information content (AvgIpc) is 3.03. The van der Waals surface area contributed by atoms with E-state index >= 15 is 0 Å². The SMILES string of the molecule is C[C@@H]1C[C@H](C(=O)O)C[C@H](O[Si](C)(C)C(C)(C)C)[C@H]1OC(=S)n1ccnc1. The molecule has 1 aliphatic rings. The standard InChI is InChI=1S/C18H30N2O4SSi/c1-12-9-13(16(21)22)10-14(24-26(5,6)18(2,3)4)15(12)23-17(25)20-8-7-19-11-20/h7-8,11-15H,9-10H2,1-6H3,(H,21,22)/t12-,13+,14+,15+/m1/s1. The quantitative estimate of drug-likeness (QED) is 0.612. The Hall–Kier alpha value is -1.25. The van der Waals surface area contributed by atoms with Crippen LogP contribution in [-0.4, -0.2) is 46.3 Å². The van der Waals surface area contributed by atoms with E-state index < -0.39 is 20.2 Å². The number of hydrogen-bond acceptors (Lipinski definition) is 5. The molecule has 4 atom stereocenters. The van der Waals surface area contributed by atoms with Crippen molar-refractivity contribution in [2.45, 2.75) is 70.9 Å². The second-order valence-corrected chi connectivity index (χ2v) is 13.8. The monoisotopic (exact) mass is 398 g/mol. The van der Waals surface area contributed by atoms with E-state index in [0.29, 0.717) is 18.0 Å². The number of hydrogen-bond donors (Lipinski definition) is 1. The summed E-state index contributed by atoms with van der Waals surface area (Å²) in [6, 6.07) is 0. The van der Waals surface area contributed by atoms with Crippen molar-refractivity contribution in [3.8, 4) is 0 Å². The molecule has 1 aromatic rings. The summed E-state index contributed by atoms with van der Waals surface area (Å²) in [4.78, 5) is 15.6. The molecular weight excluding hydrogens is 368 g/mol. The smallest absolute Gasteiger partial charge is 0.306 e. The Morgan fingerprint density at radius 3 is 2.50 bits per heavy atom. The largest absolute Gasteiger partial charge is 0.481 e. The van der Waals surface area contributed by atoms with Crippen molar-refractivity contribution >= 4 is 31.7 Å². The van der Waals surface area contributed by atoms with E-state index in [-0.39, 0.29) is 23.2 Å². The van der Waals surface area contributed by atoms with E-state index in [1.807, 2.05) is 6.92 Å². The van der Waals surface area contributed by atoms with Crippen molar-refractivity contribution in [3.05, 3.63) is 18.7 Å². The van der Waals surface area contributed by atoms with E-state index in [1.54, 1.807) is 23.3 Å². The van der Waals surface area contributed by atoms with Gasteiger partial charge in [-0.05, 0) is 49.1 Å². The minimum Gasteiger partial charge on any atom is -0.481 e. The van der Waals surface area contributed by atoms with Crippen LogP contribution in [0, 0.1) is 11.8 Å². The molecule has 1 N–H and O–H groups in total. The number of imidazole rings is 1. The van der Waals surface area contributed by atoms with Gasteiger partial charge in [-0.1, -0.05) is 27.7 Å². The van der Waals surface area contributed by atoms with Crippen molar-refractivity contribution in [1.82, 2.24) is 9.55 Å². The third-order valence-electron chi connectivity index (χ3n) is 5.65. The van der Waals surface area contributed by atoms with E-state index in [0.717, 1.165) is 0 Å². The summed E-state index contributed by atoms with van der Waals surface area (Å²) in [7, 11) is -2.08. The van der Waals surface area contributed by atoms with Crippen molar-refractivity contribution < 1.29 is 19.1 Å². The summed E-state index contributed by atoms with van der Waals surface area (Å²) in [5, 5.41) is 9.87. The molecule has 0 bridgehead atoms. The molecule has 1 saturated carbocycles. The van der Waals surface area contributed by atoms with Crippen LogP contribution < -0.4 is 0 Å². The van der Waals surface area contributed by atoms with E-state index in [1.165, 1.54) is 0 Å². The summed E-state index contributed by atoms with van der Waals surface area (Å²) in [6.45, 7) is 12.9. The first-order valence-electron chi connectivity index (χ1n) is 9.02. The summed E-state index contributed by atoms with van der Waals surface area (Å²) in [6.07, 6.45) is 5.42. The number of aliphatic carboxylic acids is 1. The normalized spacial score (nSPS) is 27.2. The first kappa shape index (κ1) is 21.1. The molecule has 0 aromatic carbocycles. The molecule has 8 heteroatoms. The van der Waals surface area contributed by atoms with Crippen LogP contribution in [0.15, 0.2) is 18.7 Å². The van der Waals surface area contributed by atoms with Gasteiger partial charge < -0.3 is 14.3 Å². The van der Waals surface area contributed by atoms with Crippen molar-refractivity contribution in [2.24, 2.45) is 11.8 Å². The van der Waals surface area contributed by atoms with E-state index in [9.17, 15) is 9.90 Å². The molecule has 1 heterocycles. The highest BCUT2D eigenvalue weighted by molar-refractivity contribution is 7.80. The van der Waals surface area contributed by atoms with Gasteiger partial charge in [-0.2, -0.15) is 0 Å². The van der Waals surface area contributed by atoms with Crippen molar-refractivity contribution in [2.75, 3.05) is 0 Å². The fourth-order valence-corrected chi connectivity index (χ4v) is 4.63. The van der Waals surface area contributed by atoms with Gasteiger partial charge in [0.15, 0.2) is 8.32 Å². The lowest BCUT2D eigenvalue weighted by atomic mass is 9.78. The van der Waals surface area contributed by atoms with Gasteiger partial charge in [-0.15, -0.1) is 0 Å². The highest BCUT2D eigenvalue weighted by atomic mass is 32.1. The molecule has 0 radical (unpaired) electrons. The van der Waals surface area contributed by atoms with Crippen LogP contribution >= 0.6 is 12.2 Å². The number of rotatable bonds is 4. The number of carboxylic acids is 1. The third kappa shape index (κ3) is 4.72. The maximum Gasteiger partial charge on any atom is 0.306 e. The highest BCUT2D eigenvalue weighted by Crippen LogP contribution is 2.41. The van der Waals surface area contributed by atoms with Gasteiger partial charge in [0.05, 0.1) is 12.0 Å². The van der Waals surface area contributed by atoms with Gasteiger partial charge in [0.1, 0.15) is 12.4 Å². The minimum absolute atomic E-state index is 0.0288. The number of carboxylic acid groups (broad SMARTS) is 1. The van der Waals surface area contributed by atoms with Gasteiger partial charge >= 0.3 is 5.97 Å². The zero-order valence-electron chi connectivity index (χ0n) is 16.4. The minimum atomic E-state index is -2.08. The first-order valence-corrected chi connectivity index (χ1v) is 12.3. The fourth-order valence-electron chi connectivity index (χ4n) is 3.07. The molecule has 1 fully saturated rings. The second kappa shape index (κ2) is 7.78. The van der Waals surface area contributed by atoms with E-state index in [2.05, 4.69) is 38.8 Å². The molecule has 0 amide bonds. The van der Waals surface area contributed by atoms with Gasteiger partial charge in [-0.25, -0.2) is 4.98 Å². The average molecular weight is 399 g/mol. The Labute approximate surface area is 162 Å². The maximum atomic E-state index is 11.6. The number of thiocarbonyl (C=S) groups is 1. The van der Waals surface area contributed by atoms with Crippen LogP contribution in [-0.2, 0) is 14.0 Å². The van der Waals surface area contributed by atoms with Crippen LogP contribution in [0.4, 0.5) is 0 Å². The predicted molar refractivity (Wildman–Crippen MR) is 107 cm³/mol. The topological polar surface area (TPSA) is 73.6 Å². The Morgan fingerprint density at radius 2 is 2.00 bits per heavy atom. The molecule has 0 aliphatic heterocycles. The maximum absolute atomic E-state index is 11.6. The number of carbonyl (C=O) groups is 1. The molecule has 26 heavy (non-hydrogen) atoms. The second-order valence-electron chi connectivity index (χ2n) is 8.72. The molecule has 146 valence electrons. The molecule has 0 spiro atoms. The Kier molecular flexibility index (Phi) is 6.30. The zero-order chi connectivity index (χ0) is 19.7. The molecular formula is C18H30N2O4SSi. The third-order valence-corrected chi connectivity index (χ3v) is 10.5. The molecule has 6 nitrogen and oxygen atoms in total. The molecule has 2 rings (SSSR count). The van der Waals surface area contributed by atoms with Gasteiger partial charge in [0.25, 0.3) is 5.17 Å². The lowest BCUT2D eigenvalue weighted by Gasteiger charge is -2.45. The van der Waals surface area contributed by atoms with Crippen molar-refractivity contribution in [1.29, 1.82) is 0 Å². The number of aromatic nitrogens is 2. The zero-order valence-corrected chi connectivity index (χ0v) is 18.2. The van der Waals surface area contributed by atoms with Gasteiger partial charge in [0, 0.05) is 12.4 Å². The summed E-state index contributed by atoms with van der Waals surface area (Å²) in [5.41, 5.74) is 0. The fraction of sp³-hybridized carbons (Fsp3) is 0.722. The Morgan fingerprint density at radius 1 is 1.35 bits per heavy atom. The lowest BCUT2D eigenvalue weighted by Crippen LogP contribution is -2.53. The number of ether oxygens (including phenoxy) is 1. The summed E-state index contributed by atoms with van der Waals surface area (Å²) < 4.78 is 14.3. The predicted octanol–water partition coefficient (Wildman–Crippen LogP) is 3.92. The van der Waals surface area contributed by atoms with Crippen LogP contribution in [0.3, 0.4) is 0 Å². The highest BCUT2D eigenvalue weighted by Gasteiger charge is 2.46. The Bertz CT molecular complexity index is 642. The Balaban J connectivity index is 2.23. The molecule has 0 unspecified atom stereocenters. The van der Waals surface area contributed by atoms with Crippen molar-refractivity contribution in [3.63, 3.8) is 0 Å². The van der Waals surface area contributed by atoms with Crippen LogP contribution in [0.2, 0.25) is 18.1 Å². The van der Waals surface area contributed by atoms with Gasteiger partial charge in [-0.3, -0.25) is 9.36 Å². The lowest BCUT2D eigenvalue weighted by molar-refractivity contribution is -0.147. The summed E-state index contributed by atoms with van der Waals surface area (Å²) in [5.74, 6) is -1.15. The summed E-state index contributed by atoms with van der Waals surface area (Å²) >= 11 is 5.40. The molecule has 1 aromatic heterocycles. The van der Waals surface area contributed by atoms with Crippen LogP contribution in [0.25, 0.3) is 0 Å². The van der Waals surface area contributed by atoms with Crippen LogP contribution in [0.1, 0.15) is 40.5 Å². The van der Waals surface area contributed by atoms with E-state index in [4.69, 9.17) is 21.4 Å². The first-order chi connectivity index (χ1) is 11.9. The van der Waals surface area contributed by atoms with Gasteiger partial charge in [0.2, 0.25) is 0 Å². The molecule has 1 aliphatic carbocycles. The van der Waals surface area contributed by atoms with Crippen LogP contribution in [0.5, 0.6) is 0 Å². The number of nitrogens with zero attached hydrogens (tertiary/aromatic N) is 2.